The van der Waals surface area contributed by atoms with Gasteiger partial charge in [0.15, 0.2) is 5.11 Å². The van der Waals surface area contributed by atoms with Gasteiger partial charge in [-0.15, -0.1) is 0 Å². The largest absolute Gasteiger partial charge is 0.495 e. The minimum atomic E-state index is 0.452. The van der Waals surface area contributed by atoms with Crippen molar-refractivity contribution in [3.8, 4) is 5.75 Å². The fourth-order valence-electron chi connectivity index (χ4n) is 2.51. The molecule has 0 radical (unpaired) electrons. The zero-order valence-corrected chi connectivity index (χ0v) is 13.1. The topological polar surface area (TPSA) is 45.6 Å². The number of nitrogens with zero attached hydrogens (tertiary/aromatic N) is 1. The Labute approximate surface area is 135 Å². The van der Waals surface area contributed by atoms with Gasteiger partial charge in [-0.2, -0.15) is 5.10 Å². The summed E-state index contributed by atoms with van der Waals surface area (Å²) < 4.78 is 5.28. The van der Waals surface area contributed by atoms with Gasteiger partial charge in [0.05, 0.1) is 12.8 Å². The van der Waals surface area contributed by atoms with Gasteiger partial charge >= 0.3 is 0 Å². The molecule has 2 aromatic rings. The van der Waals surface area contributed by atoms with Crippen LogP contribution in [0, 0.1) is 0 Å². The first-order chi connectivity index (χ1) is 10.8. The van der Waals surface area contributed by atoms with Crippen molar-refractivity contribution in [2.75, 3.05) is 12.4 Å². The summed E-state index contributed by atoms with van der Waals surface area (Å²) in [5.74, 6) is 0.743. The average molecular weight is 311 g/mol. The van der Waals surface area contributed by atoms with Crippen molar-refractivity contribution in [2.45, 2.75) is 12.8 Å². The van der Waals surface area contributed by atoms with E-state index >= 15 is 0 Å². The third-order valence-electron chi connectivity index (χ3n) is 3.58. The summed E-state index contributed by atoms with van der Waals surface area (Å²) in [5.41, 5.74) is 7.50. The second-order valence-corrected chi connectivity index (χ2v) is 5.47. The molecule has 22 heavy (non-hydrogen) atoms. The highest BCUT2D eigenvalue weighted by Gasteiger charge is 2.15. The molecule has 0 unspecified atom stereocenters. The highest BCUT2D eigenvalue weighted by molar-refractivity contribution is 7.80. The van der Waals surface area contributed by atoms with Gasteiger partial charge < -0.3 is 10.1 Å². The summed E-state index contributed by atoms with van der Waals surface area (Å²) in [4.78, 5) is 0. The molecule has 1 aliphatic carbocycles. The van der Waals surface area contributed by atoms with Crippen LogP contribution in [-0.4, -0.2) is 17.9 Å². The Morgan fingerprint density at radius 3 is 2.36 bits per heavy atom. The number of rotatable bonds is 3. The number of methoxy groups -OCH3 is 1. The molecule has 2 N–H and O–H groups in total. The molecular weight excluding hydrogens is 294 g/mol. The molecule has 0 aliphatic heterocycles. The van der Waals surface area contributed by atoms with E-state index in [1.54, 1.807) is 7.11 Å². The van der Waals surface area contributed by atoms with E-state index in [0.717, 1.165) is 30.0 Å². The third-order valence-corrected chi connectivity index (χ3v) is 3.77. The number of ether oxygens (including phenoxy) is 1. The molecule has 0 saturated carbocycles. The fraction of sp³-hybridized carbons (Fsp3) is 0.176. The monoisotopic (exact) mass is 311 g/mol. The zero-order chi connectivity index (χ0) is 15.4. The van der Waals surface area contributed by atoms with Crippen LogP contribution in [-0.2, 0) is 12.8 Å². The van der Waals surface area contributed by atoms with E-state index in [9.17, 15) is 0 Å². The van der Waals surface area contributed by atoms with Crippen molar-refractivity contribution < 1.29 is 4.74 Å². The van der Waals surface area contributed by atoms with E-state index in [1.807, 2.05) is 24.3 Å². The smallest absolute Gasteiger partial charge is 0.191 e. The van der Waals surface area contributed by atoms with Crippen LogP contribution in [0.4, 0.5) is 5.69 Å². The molecule has 0 aromatic heterocycles. The van der Waals surface area contributed by atoms with Crippen LogP contribution in [0.1, 0.15) is 11.1 Å². The Morgan fingerprint density at radius 1 is 1.05 bits per heavy atom. The summed E-state index contributed by atoms with van der Waals surface area (Å²) >= 11 is 5.28. The maximum Gasteiger partial charge on any atom is 0.191 e. The van der Waals surface area contributed by atoms with Gasteiger partial charge in [-0.25, -0.2) is 0 Å². The summed E-state index contributed by atoms with van der Waals surface area (Å²) in [7, 11) is 1.63. The van der Waals surface area contributed by atoms with Gasteiger partial charge in [0.25, 0.3) is 0 Å². The normalized spacial score (nSPS) is 12.5. The molecule has 0 heterocycles. The lowest BCUT2D eigenvalue weighted by Crippen LogP contribution is -2.25. The molecule has 0 amide bonds. The van der Waals surface area contributed by atoms with E-state index < -0.39 is 0 Å². The second-order valence-electron chi connectivity index (χ2n) is 5.07. The van der Waals surface area contributed by atoms with Gasteiger partial charge in [-0.05, 0) is 35.5 Å². The van der Waals surface area contributed by atoms with Crippen LogP contribution in [0.25, 0.3) is 0 Å². The van der Waals surface area contributed by atoms with E-state index in [0.29, 0.717) is 5.11 Å². The van der Waals surface area contributed by atoms with Crippen molar-refractivity contribution in [1.82, 2.24) is 5.43 Å². The number of fused-ring (bicyclic) bond motifs is 1. The van der Waals surface area contributed by atoms with Gasteiger partial charge in [-0.3, -0.25) is 5.43 Å². The lowest BCUT2D eigenvalue weighted by molar-refractivity contribution is 0.417. The van der Waals surface area contributed by atoms with Crippen LogP contribution in [0.5, 0.6) is 5.75 Å². The number of hydrazone groups is 1. The average Bonchev–Trinajstić information content (AvgIpc) is 2.96. The molecule has 1 aliphatic rings. The van der Waals surface area contributed by atoms with Crippen molar-refractivity contribution in [3.63, 3.8) is 0 Å². The van der Waals surface area contributed by atoms with Crippen LogP contribution < -0.4 is 15.5 Å². The molecular formula is C17H17N3OS. The van der Waals surface area contributed by atoms with Crippen molar-refractivity contribution in [2.24, 2.45) is 5.10 Å². The van der Waals surface area contributed by atoms with Crippen LogP contribution in [0.2, 0.25) is 0 Å². The predicted octanol–water partition coefficient (Wildman–Crippen LogP) is 3.14. The van der Waals surface area contributed by atoms with Gasteiger partial charge in [0.1, 0.15) is 5.75 Å². The third kappa shape index (κ3) is 3.26. The Balaban J connectivity index is 1.61. The van der Waals surface area contributed by atoms with E-state index in [1.165, 1.54) is 11.1 Å². The van der Waals surface area contributed by atoms with Crippen molar-refractivity contribution >= 4 is 28.7 Å². The number of anilines is 1. The lowest BCUT2D eigenvalue weighted by atomic mass is 10.1. The Bertz CT molecular complexity index is 700. The number of hydrogen-bond acceptors (Lipinski definition) is 3. The van der Waals surface area contributed by atoms with E-state index in [2.05, 4.69) is 40.1 Å². The zero-order valence-electron chi connectivity index (χ0n) is 12.3. The summed E-state index contributed by atoms with van der Waals surface area (Å²) in [6.45, 7) is 0. The number of para-hydroxylation sites is 2. The fourth-order valence-corrected chi connectivity index (χ4v) is 2.67. The summed E-state index contributed by atoms with van der Waals surface area (Å²) in [5, 5.41) is 7.96. The molecule has 112 valence electrons. The maximum atomic E-state index is 5.28. The minimum Gasteiger partial charge on any atom is -0.495 e. The minimum absolute atomic E-state index is 0.452. The SMILES string of the molecule is COc1ccccc1NC(=S)NN=C1Cc2ccccc2C1. The molecule has 5 heteroatoms. The van der Waals surface area contributed by atoms with Crippen LogP contribution in [0.15, 0.2) is 53.6 Å². The maximum absolute atomic E-state index is 5.28. The Morgan fingerprint density at radius 2 is 1.68 bits per heavy atom. The Kier molecular flexibility index (Phi) is 4.34. The highest BCUT2D eigenvalue weighted by atomic mass is 32.1. The summed E-state index contributed by atoms with van der Waals surface area (Å²) in [6.07, 6.45) is 1.75. The quantitative estimate of drug-likeness (QED) is 0.675. The number of benzene rings is 2. The Hall–Kier alpha value is -2.40. The summed E-state index contributed by atoms with van der Waals surface area (Å²) in [6, 6.07) is 16.0. The van der Waals surface area contributed by atoms with Crippen molar-refractivity contribution in [1.29, 1.82) is 0 Å². The molecule has 2 aromatic carbocycles. The van der Waals surface area contributed by atoms with Gasteiger partial charge in [0.2, 0.25) is 0 Å². The molecule has 0 atom stereocenters. The van der Waals surface area contributed by atoms with E-state index in [-0.39, 0.29) is 0 Å². The second kappa shape index (κ2) is 6.58. The molecule has 3 rings (SSSR count). The molecule has 0 saturated heterocycles. The van der Waals surface area contributed by atoms with Gasteiger partial charge in [0, 0.05) is 18.6 Å². The highest BCUT2D eigenvalue weighted by Crippen LogP contribution is 2.23. The lowest BCUT2D eigenvalue weighted by Gasteiger charge is -2.11. The first-order valence-corrected chi connectivity index (χ1v) is 7.49. The molecule has 0 spiro atoms. The molecule has 4 nitrogen and oxygen atoms in total. The standard InChI is InChI=1S/C17H17N3OS/c1-21-16-9-5-4-8-15(16)18-17(22)20-19-14-10-12-6-2-3-7-13(12)11-14/h2-9H,10-11H2,1H3,(H2,18,20,22). The molecule has 0 bridgehead atoms. The van der Waals surface area contributed by atoms with Crippen molar-refractivity contribution in [3.05, 3.63) is 59.7 Å². The first-order valence-electron chi connectivity index (χ1n) is 7.08. The number of hydrogen-bond donors (Lipinski definition) is 2. The van der Waals surface area contributed by atoms with Crippen LogP contribution in [0.3, 0.4) is 0 Å². The van der Waals surface area contributed by atoms with E-state index in [4.69, 9.17) is 17.0 Å². The first kappa shape index (κ1) is 14.5. The number of nitrogens with one attached hydrogen (secondary N) is 2. The number of thiocarbonyl (C=S) groups is 1. The molecule has 0 fully saturated rings. The predicted molar refractivity (Wildman–Crippen MR) is 93.6 cm³/mol. The van der Waals surface area contributed by atoms with Crippen LogP contribution >= 0.6 is 12.2 Å². The van der Waals surface area contributed by atoms with Gasteiger partial charge in [-0.1, -0.05) is 36.4 Å².